The maximum atomic E-state index is 12.3. The largest absolute Gasteiger partial charge is 0.497 e. The minimum absolute atomic E-state index is 0.209. The predicted octanol–water partition coefficient (Wildman–Crippen LogP) is 1.82. The molecule has 0 bridgehead atoms. The molecule has 27 heavy (non-hydrogen) atoms. The lowest BCUT2D eigenvalue weighted by molar-refractivity contribution is 0.240. The lowest BCUT2D eigenvalue weighted by atomic mass is 10.2. The van der Waals surface area contributed by atoms with Crippen LogP contribution in [0.3, 0.4) is 0 Å². The molecule has 2 heterocycles. The number of hydrogen-bond acceptors (Lipinski definition) is 5. The van der Waals surface area contributed by atoms with Crippen molar-refractivity contribution in [1.29, 1.82) is 0 Å². The number of methoxy groups -OCH3 is 1. The van der Waals surface area contributed by atoms with Gasteiger partial charge < -0.3 is 15.4 Å². The first kappa shape index (κ1) is 18.7. The van der Waals surface area contributed by atoms with Gasteiger partial charge >= 0.3 is 11.7 Å². The molecule has 0 atom stereocenters. The summed E-state index contributed by atoms with van der Waals surface area (Å²) in [7, 11) is 3.30. The van der Waals surface area contributed by atoms with Crippen LogP contribution in [0, 0.1) is 0 Å². The molecular formula is C18H21N5O3S. The zero-order valence-electron chi connectivity index (χ0n) is 15.1. The lowest BCUT2D eigenvalue weighted by Crippen LogP contribution is -2.38. The molecule has 1 aromatic carbocycles. The number of nitrogens with zero attached hydrogens (tertiary/aromatic N) is 3. The molecule has 2 aromatic heterocycles. The van der Waals surface area contributed by atoms with Crippen molar-refractivity contribution in [3.8, 4) is 16.5 Å². The summed E-state index contributed by atoms with van der Waals surface area (Å²) in [6.45, 7) is 1.01. The SMILES string of the molecule is COc1ccc(CNC(=O)NCCn2nc(-c3cccs3)n(C)c2=O)cc1. The number of benzene rings is 1. The smallest absolute Gasteiger partial charge is 0.346 e. The zero-order chi connectivity index (χ0) is 19.2. The van der Waals surface area contributed by atoms with Gasteiger partial charge in [0, 0.05) is 20.1 Å². The van der Waals surface area contributed by atoms with Crippen LogP contribution in [0.2, 0.25) is 0 Å². The summed E-state index contributed by atoms with van der Waals surface area (Å²) in [5.41, 5.74) is 0.756. The number of aromatic nitrogens is 3. The second kappa shape index (κ2) is 8.54. The van der Waals surface area contributed by atoms with Gasteiger partial charge in [-0.15, -0.1) is 16.4 Å². The maximum absolute atomic E-state index is 12.3. The third-order valence-electron chi connectivity index (χ3n) is 4.00. The third kappa shape index (κ3) is 4.56. The summed E-state index contributed by atoms with van der Waals surface area (Å²) < 4.78 is 7.97. The molecule has 0 aliphatic carbocycles. The first-order chi connectivity index (χ1) is 13.1. The fourth-order valence-corrected chi connectivity index (χ4v) is 3.26. The summed E-state index contributed by atoms with van der Waals surface area (Å²) >= 11 is 1.52. The van der Waals surface area contributed by atoms with E-state index in [-0.39, 0.29) is 11.7 Å². The number of rotatable bonds is 7. The Balaban J connectivity index is 1.48. The number of urea groups is 1. The Morgan fingerprint density at radius 2 is 2.00 bits per heavy atom. The Hall–Kier alpha value is -3.07. The van der Waals surface area contributed by atoms with Crippen LogP contribution in [-0.2, 0) is 20.1 Å². The molecular weight excluding hydrogens is 366 g/mol. The number of amides is 2. The van der Waals surface area contributed by atoms with Crippen molar-refractivity contribution in [3.05, 3.63) is 57.8 Å². The van der Waals surface area contributed by atoms with Gasteiger partial charge in [-0.25, -0.2) is 14.3 Å². The van der Waals surface area contributed by atoms with Crippen molar-refractivity contribution in [2.75, 3.05) is 13.7 Å². The van der Waals surface area contributed by atoms with Crippen LogP contribution < -0.4 is 21.1 Å². The second-order valence-corrected chi connectivity index (χ2v) is 6.77. The Morgan fingerprint density at radius 1 is 1.22 bits per heavy atom. The lowest BCUT2D eigenvalue weighted by Gasteiger charge is -2.08. The fraction of sp³-hybridized carbons (Fsp3) is 0.278. The minimum atomic E-state index is -0.298. The van der Waals surface area contributed by atoms with Crippen LogP contribution in [0.5, 0.6) is 5.75 Å². The van der Waals surface area contributed by atoms with E-state index < -0.39 is 0 Å². The van der Waals surface area contributed by atoms with E-state index in [4.69, 9.17) is 4.74 Å². The average Bonchev–Trinajstić information content (AvgIpc) is 3.31. The van der Waals surface area contributed by atoms with Gasteiger partial charge in [0.15, 0.2) is 5.82 Å². The van der Waals surface area contributed by atoms with E-state index in [0.717, 1.165) is 16.2 Å². The molecule has 0 saturated carbocycles. The van der Waals surface area contributed by atoms with E-state index in [9.17, 15) is 9.59 Å². The molecule has 9 heteroatoms. The van der Waals surface area contributed by atoms with Crippen LogP contribution in [-0.4, -0.2) is 34.0 Å². The van der Waals surface area contributed by atoms with Crippen molar-refractivity contribution >= 4 is 17.4 Å². The van der Waals surface area contributed by atoms with E-state index in [0.29, 0.717) is 25.5 Å². The van der Waals surface area contributed by atoms with Crippen LogP contribution >= 0.6 is 11.3 Å². The van der Waals surface area contributed by atoms with Gasteiger partial charge in [0.2, 0.25) is 0 Å². The van der Waals surface area contributed by atoms with Crippen LogP contribution in [0.4, 0.5) is 4.79 Å². The molecule has 3 rings (SSSR count). The number of carbonyl (C=O) groups excluding carboxylic acids is 1. The molecule has 8 nitrogen and oxygen atoms in total. The summed E-state index contributed by atoms with van der Waals surface area (Å²) in [6.07, 6.45) is 0. The van der Waals surface area contributed by atoms with Gasteiger partial charge in [0.05, 0.1) is 18.5 Å². The Kier molecular flexibility index (Phi) is 5.92. The first-order valence-electron chi connectivity index (χ1n) is 8.41. The van der Waals surface area contributed by atoms with Crippen molar-refractivity contribution in [3.63, 3.8) is 0 Å². The summed E-state index contributed by atoms with van der Waals surface area (Å²) in [5, 5.41) is 11.8. The van der Waals surface area contributed by atoms with Gasteiger partial charge in [-0.1, -0.05) is 18.2 Å². The number of thiophene rings is 1. The Morgan fingerprint density at radius 3 is 2.67 bits per heavy atom. The molecule has 142 valence electrons. The molecule has 0 aliphatic heterocycles. The highest BCUT2D eigenvalue weighted by molar-refractivity contribution is 7.13. The van der Waals surface area contributed by atoms with Gasteiger partial charge in [0.1, 0.15) is 5.75 Å². The van der Waals surface area contributed by atoms with Crippen LogP contribution in [0.1, 0.15) is 5.56 Å². The molecule has 0 aliphatic rings. The number of ether oxygens (including phenoxy) is 1. The van der Waals surface area contributed by atoms with Gasteiger partial charge in [-0.3, -0.25) is 4.57 Å². The number of nitrogens with one attached hydrogen (secondary N) is 2. The Bertz CT molecular complexity index is 945. The van der Waals surface area contributed by atoms with Gasteiger partial charge in [-0.05, 0) is 29.1 Å². The predicted molar refractivity (Wildman–Crippen MR) is 104 cm³/mol. The van der Waals surface area contributed by atoms with Crippen LogP contribution in [0.15, 0.2) is 46.6 Å². The highest BCUT2D eigenvalue weighted by atomic mass is 32.1. The molecule has 0 saturated heterocycles. The maximum Gasteiger partial charge on any atom is 0.346 e. The zero-order valence-corrected chi connectivity index (χ0v) is 16.0. The molecule has 0 unspecified atom stereocenters. The summed E-state index contributed by atoms with van der Waals surface area (Å²) in [5.74, 6) is 1.39. The normalized spacial score (nSPS) is 10.6. The highest BCUT2D eigenvalue weighted by Crippen LogP contribution is 2.20. The molecule has 2 amide bonds. The summed E-state index contributed by atoms with van der Waals surface area (Å²) in [6, 6.07) is 11.0. The van der Waals surface area contributed by atoms with Gasteiger partial charge in [0.25, 0.3) is 0 Å². The summed E-state index contributed by atoms with van der Waals surface area (Å²) in [4.78, 5) is 25.1. The third-order valence-corrected chi connectivity index (χ3v) is 4.87. The van der Waals surface area contributed by atoms with E-state index in [1.807, 2.05) is 41.8 Å². The first-order valence-corrected chi connectivity index (χ1v) is 9.29. The van der Waals surface area contributed by atoms with Crippen molar-refractivity contribution < 1.29 is 9.53 Å². The van der Waals surface area contributed by atoms with Crippen molar-refractivity contribution in [2.24, 2.45) is 7.05 Å². The van der Waals surface area contributed by atoms with E-state index in [2.05, 4.69) is 15.7 Å². The highest BCUT2D eigenvalue weighted by Gasteiger charge is 2.12. The molecule has 0 spiro atoms. The van der Waals surface area contributed by atoms with E-state index in [1.165, 1.54) is 20.6 Å². The standard InChI is InChI=1S/C18H21N5O3S/c1-22-16(15-4-3-11-27-15)21-23(18(22)25)10-9-19-17(24)20-12-13-5-7-14(26-2)8-6-13/h3-8,11H,9-10,12H2,1-2H3,(H2,19,20,24). The van der Waals surface area contributed by atoms with Crippen molar-refractivity contribution in [2.45, 2.75) is 13.1 Å². The molecule has 0 fully saturated rings. The van der Waals surface area contributed by atoms with E-state index >= 15 is 0 Å². The quantitative estimate of drug-likeness (QED) is 0.647. The Labute approximate surface area is 160 Å². The molecule has 2 N–H and O–H groups in total. The second-order valence-electron chi connectivity index (χ2n) is 5.82. The topological polar surface area (TPSA) is 90.2 Å². The average molecular weight is 387 g/mol. The molecule has 3 aromatic rings. The van der Waals surface area contributed by atoms with E-state index in [1.54, 1.807) is 14.2 Å². The van der Waals surface area contributed by atoms with Gasteiger partial charge in [-0.2, -0.15) is 0 Å². The monoisotopic (exact) mass is 387 g/mol. The molecule has 0 radical (unpaired) electrons. The van der Waals surface area contributed by atoms with Crippen LogP contribution in [0.25, 0.3) is 10.7 Å². The number of hydrogen-bond donors (Lipinski definition) is 2. The minimum Gasteiger partial charge on any atom is -0.497 e. The number of carbonyl (C=O) groups is 1. The van der Waals surface area contributed by atoms with Crippen molar-refractivity contribution in [1.82, 2.24) is 25.0 Å². The fourth-order valence-electron chi connectivity index (χ4n) is 2.52.